The molecule has 0 aromatic carbocycles. The third-order valence-corrected chi connectivity index (χ3v) is 3.51. The standard InChI is InChI=1S/C15H26FN/c1-12(2)7-8-14(4)17-9-5-6-15(17)10-13(3)11-16/h12,15H,3-11H2,1-2H3. The summed E-state index contributed by atoms with van der Waals surface area (Å²) in [5.41, 5.74) is 1.95. The minimum atomic E-state index is -0.386. The van der Waals surface area contributed by atoms with Crippen LogP contribution in [-0.2, 0) is 0 Å². The average Bonchev–Trinajstić information content (AvgIpc) is 2.73. The quantitative estimate of drug-likeness (QED) is 0.598. The molecule has 98 valence electrons. The van der Waals surface area contributed by atoms with Gasteiger partial charge in [0.05, 0.1) is 0 Å². The van der Waals surface area contributed by atoms with E-state index in [2.05, 4.69) is 31.9 Å². The molecule has 1 atom stereocenters. The average molecular weight is 239 g/mol. The third-order valence-electron chi connectivity index (χ3n) is 3.51. The van der Waals surface area contributed by atoms with Crippen LogP contribution in [0.1, 0.15) is 46.0 Å². The van der Waals surface area contributed by atoms with E-state index in [1.165, 1.54) is 18.5 Å². The lowest BCUT2D eigenvalue weighted by Gasteiger charge is -2.29. The number of halogens is 1. The lowest BCUT2D eigenvalue weighted by molar-refractivity contribution is 0.299. The molecule has 1 saturated heterocycles. The van der Waals surface area contributed by atoms with Crippen LogP contribution in [0.2, 0.25) is 0 Å². The highest BCUT2D eigenvalue weighted by Gasteiger charge is 2.25. The third kappa shape index (κ3) is 4.53. The molecule has 0 bridgehead atoms. The molecule has 1 rings (SSSR count). The van der Waals surface area contributed by atoms with Crippen LogP contribution in [0, 0.1) is 5.92 Å². The zero-order valence-corrected chi connectivity index (χ0v) is 11.3. The van der Waals surface area contributed by atoms with Gasteiger partial charge in [-0.05, 0) is 43.6 Å². The van der Waals surface area contributed by atoms with Gasteiger partial charge in [-0.1, -0.05) is 27.0 Å². The van der Waals surface area contributed by atoms with E-state index in [1.54, 1.807) is 0 Å². The summed E-state index contributed by atoms with van der Waals surface area (Å²) >= 11 is 0. The Balaban J connectivity index is 2.45. The van der Waals surface area contributed by atoms with Gasteiger partial charge in [0.1, 0.15) is 6.67 Å². The molecule has 1 fully saturated rings. The van der Waals surface area contributed by atoms with Gasteiger partial charge in [-0.2, -0.15) is 0 Å². The highest BCUT2D eigenvalue weighted by molar-refractivity contribution is 5.05. The summed E-state index contributed by atoms with van der Waals surface area (Å²) in [6, 6.07) is 0.443. The van der Waals surface area contributed by atoms with Crippen molar-refractivity contribution < 1.29 is 4.39 Å². The number of hydrogen-bond acceptors (Lipinski definition) is 1. The first-order chi connectivity index (χ1) is 8.04. The van der Waals surface area contributed by atoms with Crippen molar-refractivity contribution in [1.82, 2.24) is 4.90 Å². The first kappa shape index (κ1) is 14.3. The summed E-state index contributed by atoms with van der Waals surface area (Å²) in [4.78, 5) is 2.38. The maximum atomic E-state index is 12.5. The summed E-state index contributed by atoms with van der Waals surface area (Å²) in [6.07, 6.45) is 5.39. The number of alkyl halides is 1. The second-order valence-corrected chi connectivity index (χ2v) is 5.58. The van der Waals surface area contributed by atoms with Crippen LogP contribution in [0.5, 0.6) is 0 Å². The zero-order chi connectivity index (χ0) is 12.8. The highest BCUT2D eigenvalue weighted by Crippen LogP contribution is 2.28. The number of likely N-dealkylation sites (tertiary alicyclic amines) is 1. The normalized spacial score (nSPS) is 20.0. The Hall–Kier alpha value is -0.790. The van der Waals surface area contributed by atoms with Crippen LogP contribution in [0.15, 0.2) is 24.4 Å². The predicted octanol–water partition coefficient (Wildman–Crippen LogP) is 4.32. The van der Waals surface area contributed by atoms with Crippen LogP contribution in [0.3, 0.4) is 0 Å². The monoisotopic (exact) mass is 239 g/mol. The Bertz CT molecular complexity index is 270. The topological polar surface area (TPSA) is 3.24 Å². The molecule has 0 aliphatic carbocycles. The molecule has 0 amide bonds. The van der Waals surface area contributed by atoms with Crippen molar-refractivity contribution in [3.63, 3.8) is 0 Å². The van der Waals surface area contributed by atoms with Crippen molar-refractivity contribution in [1.29, 1.82) is 0 Å². The number of nitrogens with zero attached hydrogens (tertiary/aromatic N) is 1. The Kier molecular flexibility index (Phi) is 5.73. The largest absolute Gasteiger partial charge is 0.372 e. The summed E-state index contributed by atoms with van der Waals surface area (Å²) in [7, 11) is 0. The van der Waals surface area contributed by atoms with Crippen molar-refractivity contribution in [3.8, 4) is 0 Å². The molecule has 1 heterocycles. The Morgan fingerprint density at radius 1 is 1.41 bits per heavy atom. The zero-order valence-electron chi connectivity index (χ0n) is 11.3. The Morgan fingerprint density at radius 2 is 2.12 bits per heavy atom. The lowest BCUT2D eigenvalue weighted by atomic mass is 10.0. The molecule has 0 aromatic rings. The van der Waals surface area contributed by atoms with Gasteiger partial charge in [0.25, 0.3) is 0 Å². The minimum absolute atomic E-state index is 0.386. The Labute approximate surface area is 105 Å². The fourth-order valence-corrected chi connectivity index (χ4v) is 2.45. The van der Waals surface area contributed by atoms with Gasteiger partial charge < -0.3 is 4.90 Å². The maximum Gasteiger partial charge on any atom is 0.110 e. The second-order valence-electron chi connectivity index (χ2n) is 5.58. The molecule has 1 aliphatic rings. The van der Waals surface area contributed by atoms with Crippen LogP contribution < -0.4 is 0 Å². The minimum Gasteiger partial charge on any atom is -0.372 e. The summed E-state index contributed by atoms with van der Waals surface area (Å²) in [5.74, 6) is 0.716. The predicted molar refractivity (Wildman–Crippen MR) is 72.7 cm³/mol. The van der Waals surface area contributed by atoms with Gasteiger partial charge in [-0.3, -0.25) is 0 Å². The molecule has 0 spiro atoms. The fourth-order valence-electron chi connectivity index (χ4n) is 2.45. The van der Waals surface area contributed by atoms with Crippen molar-refractivity contribution >= 4 is 0 Å². The van der Waals surface area contributed by atoms with Gasteiger partial charge in [0.2, 0.25) is 0 Å². The molecular weight excluding hydrogens is 213 g/mol. The smallest absolute Gasteiger partial charge is 0.110 e. The molecular formula is C15H26FN. The summed E-state index contributed by atoms with van der Waals surface area (Å²) in [5, 5.41) is 0. The van der Waals surface area contributed by atoms with Crippen molar-refractivity contribution in [2.45, 2.75) is 52.0 Å². The van der Waals surface area contributed by atoms with E-state index in [9.17, 15) is 4.39 Å². The van der Waals surface area contributed by atoms with E-state index in [0.717, 1.165) is 31.4 Å². The molecule has 0 saturated carbocycles. The molecule has 0 aromatic heterocycles. The maximum absolute atomic E-state index is 12.5. The first-order valence-electron chi connectivity index (χ1n) is 6.71. The van der Waals surface area contributed by atoms with E-state index >= 15 is 0 Å². The van der Waals surface area contributed by atoms with Gasteiger partial charge >= 0.3 is 0 Å². The summed E-state index contributed by atoms with van der Waals surface area (Å²) < 4.78 is 12.5. The molecule has 0 radical (unpaired) electrons. The second kappa shape index (κ2) is 6.83. The molecule has 17 heavy (non-hydrogen) atoms. The SMILES string of the molecule is C=C(CF)CC1CCCN1C(=C)CCC(C)C. The van der Waals surface area contributed by atoms with Gasteiger partial charge in [0.15, 0.2) is 0 Å². The van der Waals surface area contributed by atoms with E-state index in [1.807, 2.05) is 0 Å². The lowest BCUT2D eigenvalue weighted by Crippen LogP contribution is -2.29. The van der Waals surface area contributed by atoms with Crippen molar-refractivity contribution in [2.75, 3.05) is 13.2 Å². The molecule has 1 nitrogen and oxygen atoms in total. The molecule has 0 N–H and O–H groups in total. The van der Waals surface area contributed by atoms with Crippen LogP contribution >= 0.6 is 0 Å². The number of hydrogen-bond donors (Lipinski definition) is 0. The van der Waals surface area contributed by atoms with Crippen LogP contribution in [0.4, 0.5) is 4.39 Å². The van der Waals surface area contributed by atoms with Crippen LogP contribution in [0.25, 0.3) is 0 Å². The number of allylic oxidation sites excluding steroid dienone is 1. The first-order valence-corrected chi connectivity index (χ1v) is 6.71. The molecule has 2 heteroatoms. The van der Waals surface area contributed by atoms with E-state index < -0.39 is 0 Å². The van der Waals surface area contributed by atoms with Crippen molar-refractivity contribution in [2.24, 2.45) is 5.92 Å². The van der Waals surface area contributed by atoms with Crippen LogP contribution in [-0.4, -0.2) is 24.2 Å². The highest BCUT2D eigenvalue weighted by atomic mass is 19.1. The van der Waals surface area contributed by atoms with Gasteiger partial charge in [0, 0.05) is 18.3 Å². The Morgan fingerprint density at radius 3 is 2.71 bits per heavy atom. The van der Waals surface area contributed by atoms with E-state index in [0.29, 0.717) is 12.0 Å². The van der Waals surface area contributed by atoms with Gasteiger partial charge in [-0.25, -0.2) is 4.39 Å². The molecule has 1 unspecified atom stereocenters. The van der Waals surface area contributed by atoms with Crippen molar-refractivity contribution in [3.05, 3.63) is 24.4 Å². The fraction of sp³-hybridized carbons (Fsp3) is 0.733. The van der Waals surface area contributed by atoms with E-state index in [-0.39, 0.29) is 6.67 Å². The van der Waals surface area contributed by atoms with E-state index in [4.69, 9.17) is 0 Å². The summed E-state index contributed by atoms with van der Waals surface area (Å²) in [6.45, 7) is 13.1. The number of rotatable bonds is 7. The molecule has 1 aliphatic heterocycles. The van der Waals surface area contributed by atoms with Gasteiger partial charge in [-0.15, -0.1) is 0 Å².